The standard InChI is InChI=1S/C16H25N3O3/c1-21-14-4-3-13(11-15(14)22-2)5-6-18-16(20)12-19-9-7-17-8-10-19/h3-4,11,17H,5-10,12H2,1-2H3,(H,18,20). The van der Waals surface area contributed by atoms with E-state index in [1.54, 1.807) is 14.2 Å². The molecule has 0 spiro atoms. The van der Waals surface area contributed by atoms with Crippen LogP contribution in [0.2, 0.25) is 0 Å². The van der Waals surface area contributed by atoms with Gasteiger partial charge in [0, 0.05) is 32.7 Å². The fourth-order valence-electron chi connectivity index (χ4n) is 2.51. The van der Waals surface area contributed by atoms with Crippen LogP contribution in [-0.4, -0.2) is 64.3 Å². The highest BCUT2D eigenvalue weighted by Gasteiger charge is 2.13. The van der Waals surface area contributed by atoms with Gasteiger partial charge in [-0.1, -0.05) is 6.07 Å². The van der Waals surface area contributed by atoms with E-state index >= 15 is 0 Å². The zero-order valence-electron chi connectivity index (χ0n) is 13.4. The molecule has 1 amide bonds. The van der Waals surface area contributed by atoms with Crippen molar-refractivity contribution in [3.63, 3.8) is 0 Å². The monoisotopic (exact) mass is 307 g/mol. The van der Waals surface area contributed by atoms with Crippen LogP contribution in [0.15, 0.2) is 18.2 Å². The fraction of sp³-hybridized carbons (Fsp3) is 0.562. The van der Waals surface area contributed by atoms with E-state index in [0.717, 1.165) is 38.2 Å². The topological polar surface area (TPSA) is 62.8 Å². The third kappa shape index (κ3) is 4.89. The number of carbonyl (C=O) groups excluding carboxylic acids is 1. The molecular weight excluding hydrogens is 282 g/mol. The Hall–Kier alpha value is -1.79. The minimum Gasteiger partial charge on any atom is -0.493 e. The van der Waals surface area contributed by atoms with E-state index in [-0.39, 0.29) is 5.91 Å². The number of amides is 1. The lowest BCUT2D eigenvalue weighted by molar-refractivity contribution is -0.122. The van der Waals surface area contributed by atoms with E-state index in [4.69, 9.17) is 9.47 Å². The predicted molar refractivity (Wildman–Crippen MR) is 85.6 cm³/mol. The number of nitrogens with zero attached hydrogens (tertiary/aromatic N) is 1. The normalized spacial score (nSPS) is 15.4. The summed E-state index contributed by atoms with van der Waals surface area (Å²) in [6.07, 6.45) is 0.771. The number of carbonyl (C=O) groups is 1. The lowest BCUT2D eigenvalue weighted by Gasteiger charge is -2.26. The third-order valence-corrected chi connectivity index (χ3v) is 3.76. The van der Waals surface area contributed by atoms with Gasteiger partial charge in [0.05, 0.1) is 20.8 Å². The SMILES string of the molecule is COc1ccc(CCNC(=O)CN2CCNCC2)cc1OC. The molecule has 6 heteroatoms. The lowest BCUT2D eigenvalue weighted by Crippen LogP contribution is -2.47. The van der Waals surface area contributed by atoms with Crippen LogP contribution in [0.1, 0.15) is 5.56 Å². The smallest absolute Gasteiger partial charge is 0.234 e. The van der Waals surface area contributed by atoms with Crippen LogP contribution in [-0.2, 0) is 11.2 Å². The first-order chi connectivity index (χ1) is 10.7. The van der Waals surface area contributed by atoms with Gasteiger partial charge in [-0.25, -0.2) is 0 Å². The summed E-state index contributed by atoms with van der Waals surface area (Å²) < 4.78 is 10.5. The summed E-state index contributed by atoms with van der Waals surface area (Å²) >= 11 is 0. The number of benzene rings is 1. The molecule has 1 aromatic carbocycles. The van der Waals surface area contributed by atoms with Crippen molar-refractivity contribution in [3.05, 3.63) is 23.8 Å². The number of hydrogen-bond donors (Lipinski definition) is 2. The first-order valence-electron chi connectivity index (χ1n) is 7.63. The molecule has 1 aliphatic rings. The van der Waals surface area contributed by atoms with Gasteiger partial charge in [-0.15, -0.1) is 0 Å². The maximum atomic E-state index is 11.9. The third-order valence-electron chi connectivity index (χ3n) is 3.76. The van der Waals surface area contributed by atoms with Crippen LogP contribution in [0.3, 0.4) is 0 Å². The largest absolute Gasteiger partial charge is 0.493 e. The molecule has 2 rings (SSSR count). The van der Waals surface area contributed by atoms with Crippen molar-refractivity contribution in [2.24, 2.45) is 0 Å². The Balaban J connectivity index is 1.74. The van der Waals surface area contributed by atoms with Gasteiger partial charge in [0.1, 0.15) is 0 Å². The van der Waals surface area contributed by atoms with Crippen molar-refractivity contribution in [2.45, 2.75) is 6.42 Å². The molecule has 0 aromatic heterocycles. The van der Waals surface area contributed by atoms with Crippen LogP contribution in [0.25, 0.3) is 0 Å². The summed E-state index contributed by atoms with van der Waals surface area (Å²) in [6.45, 7) is 4.89. The highest BCUT2D eigenvalue weighted by Crippen LogP contribution is 2.27. The van der Waals surface area contributed by atoms with E-state index in [9.17, 15) is 4.79 Å². The molecule has 1 heterocycles. The Morgan fingerprint density at radius 1 is 1.23 bits per heavy atom. The molecular formula is C16H25N3O3. The minimum absolute atomic E-state index is 0.0855. The van der Waals surface area contributed by atoms with Crippen LogP contribution in [0.4, 0.5) is 0 Å². The molecule has 1 aromatic rings. The summed E-state index contributed by atoms with van der Waals surface area (Å²) in [5, 5.41) is 6.25. The Morgan fingerprint density at radius 2 is 1.95 bits per heavy atom. The van der Waals surface area contributed by atoms with E-state index in [0.29, 0.717) is 24.6 Å². The van der Waals surface area contributed by atoms with Crippen LogP contribution < -0.4 is 20.1 Å². The summed E-state index contributed by atoms with van der Waals surface area (Å²) in [5.74, 6) is 1.52. The minimum atomic E-state index is 0.0855. The second-order valence-electron chi connectivity index (χ2n) is 5.32. The quantitative estimate of drug-likeness (QED) is 0.757. The number of hydrogen-bond acceptors (Lipinski definition) is 5. The fourth-order valence-corrected chi connectivity index (χ4v) is 2.51. The Kier molecular flexibility index (Phi) is 6.48. The lowest BCUT2D eigenvalue weighted by atomic mass is 10.1. The molecule has 0 aliphatic carbocycles. The molecule has 0 saturated carbocycles. The Bertz CT molecular complexity index is 488. The summed E-state index contributed by atoms with van der Waals surface area (Å²) in [6, 6.07) is 5.82. The van der Waals surface area contributed by atoms with Crippen molar-refractivity contribution >= 4 is 5.91 Å². The van der Waals surface area contributed by atoms with Gasteiger partial charge in [0.25, 0.3) is 0 Å². The molecule has 1 saturated heterocycles. The van der Waals surface area contributed by atoms with Crippen molar-refractivity contribution in [2.75, 3.05) is 53.5 Å². The highest BCUT2D eigenvalue weighted by molar-refractivity contribution is 5.78. The first-order valence-corrected chi connectivity index (χ1v) is 7.63. The van der Waals surface area contributed by atoms with Gasteiger partial charge in [0.2, 0.25) is 5.91 Å². The molecule has 0 atom stereocenters. The van der Waals surface area contributed by atoms with Gasteiger partial charge < -0.3 is 20.1 Å². The number of ether oxygens (including phenoxy) is 2. The van der Waals surface area contributed by atoms with Gasteiger partial charge in [-0.3, -0.25) is 9.69 Å². The molecule has 122 valence electrons. The van der Waals surface area contributed by atoms with Crippen molar-refractivity contribution in [3.8, 4) is 11.5 Å². The van der Waals surface area contributed by atoms with Crippen LogP contribution in [0.5, 0.6) is 11.5 Å². The number of nitrogens with one attached hydrogen (secondary N) is 2. The molecule has 0 radical (unpaired) electrons. The average Bonchev–Trinajstić information content (AvgIpc) is 2.55. The van der Waals surface area contributed by atoms with Gasteiger partial charge in [-0.2, -0.15) is 0 Å². The summed E-state index contributed by atoms with van der Waals surface area (Å²) in [5.41, 5.74) is 1.11. The summed E-state index contributed by atoms with van der Waals surface area (Å²) in [7, 11) is 3.24. The van der Waals surface area contributed by atoms with Crippen molar-refractivity contribution in [1.82, 2.24) is 15.5 Å². The molecule has 0 unspecified atom stereocenters. The summed E-state index contributed by atoms with van der Waals surface area (Å²) in [4.78, 5) is 14.1. The van der Waals surface area contributed by atoms with Gasteiger partial charge >= 0.3 is 0 Å². The van der Waals surface area contributed by atoms with Crippen molar-refractivity contribution in [1.29, 1.82) is 0 Å². The number of rotatable bonds is 7. The molecule has 0 bridgehead atoms. The van der Waals surface area contributed by atoms with E-state index in [2.05, 4.69) is 15.5 Å². The number of methoxy groups -OCH3 is 2. The van der Waals surface area contributed by atoms with Gasteiger partial charge in [0.15, 0.2) is 11.5 Å². The van der Waals surface area contributed by atoms with Crippen LogP contribution in [0, 0.1) is 0 Å². The first kappa shape index (κ1) is 16.6. The van der Waals surface area contributed by atoms with Crippen LogP contribution >= 0.6 is 0 Å². The molecule has 22 heavy (non-hydrogen) atoms. The van der Waals surface area contributed by atoms with E-state index < -0.39 is 0 Å². The second kappa shape index (κ2) is 8.60. The zero-order valence-corrected chi connectivity index (χ0v) is 13.4. The zero-order chi connectivity index (χ0) is 15.8. The maximum Gasteiger partial charge on any atom is 0.234 e. The Labute approximate surface area is 131 Å². The molecule has 2 N–H and O–H groups in total. The number of piperazine rings is 1. The molecule has 1 aliphatic heterocycles. The average molecular weight is 307 g/mol. The van der Waals surface area contributed by atoms with Gasteiger partial charge in [-0.05, 0) is 24.1 Å². The molecule has 1 fully saturated rings. The maximum absolute atomic E-state index is 11.9. The van der Waals surface area contributed by atoms with Crippen molar-refractivity contribution < 1.29 is 14.3 Å². The highest BCUT2D eigenvalue weighted by atomic mass is 16.5. The van der Waals surface area contributed by atoms with E-state index in [1.165, 1.54) is 0 Å². The van der Waals surface area contributed by atoms with E-state index in [1.807, 2.05) is 18.2 Å². The Morgan fingerprint density at radius 3 is 2.64 bits per heavy atom. The second-order valence-corrected chi connectivity index (χ2v) is 5.32. The molecule has 6 nitrogen and oxygen atoms in total. The predicted octanol–water partition coefficient (Wildman–Crippen LogP) is 0.268.